The van der Waals surface area contributed by atoms with Gasteiger partial charge in [0.05, 0.1) is 18.1 Å². The van der Waals surface area contributed by atoms with Crippen LogP contribution in [0.15, 0.2) is 24.3 Å². The minimum atomic E-state index is -1.10. The van der Waals surface area contributed by atoms with Gasteiger partial charge in [0.1, 0.15) is 11.6 Å². The average molecular weight is 424 g/mol. The number of aliphatic hydroxyl groups is 1. The summed E-state index contributed by atoms with van der Waals surface area (Å²) in [5.74, 6) is -3.30. The second kappa shape index (κ2) is 12.5. The van der Waals surface area contributed by atoms with Crippen molar-refractivity contribution < 1.29 is 23.9 Å². The summed E-state index contributed by atoms with van der Waals surface area (Å²) in [6.07, 6.45) is -0.648. The van der Waals surface area contributed by atoms with Gasteiger partial charge in [-0.3, -0.25) is 14.4 Å². The van der Waals surface area contributed by atoms with Crippen molar-refractivity contribution in [3.8, 4) is 0 Å². The van der Waals surface area contributed by atoms with Crippen LogP contribution in [-0.4, -0.2) is 47.8 Å². The molecule has 7 nitrogen and oxygen atoms in total. The fraction of sp³-hybridized carbons (Fsp3) is 0.591. The molecule has 168 valence electrons. The van der Waals surface area contributed by atoms with Crippen LogP contribution in [0, 0.1) is 23.6 Å². The molecule has 0 aliphatic heterocycles. The number of carbonyl (C=O) groups excluding carboxylic acids is 3. The van der Waals surface area contributed by atoms with Gasteiger partial charge in [0, 0.05) is 24.8 Å². The Hall–Kier alpha value is -2.16. The Balaban J connectivity index is 2.91. The van der Waals surface area contributed by atoms with Gasteiger partial charge >= 0.3 is 0 Å². The van der Waals surface area contributed by atoms with Crippen LogP contribution >= 0.6 is 0 Å². The van der Waals surface area contributed by atoms with Crippen molar-refractivity contribution >= 4 is 17.5 Å². The molecule has 2 unspecified atom stereocenters. The summed E-state index contributed by atoms with van der Waals surface area (Å²) in [4.78, 5) is 37.8. The van der Waals surface area contributed by atoms with Gasteiger partial charge in [0.2, 0.25) is 5.91 Å². The SMILES string of the molecule is CC(C)C(=O)[C@H](CN)NC(=O)[C@@H](CC(=O)C(CCN)Cc1cccc(F)c1)C(C)O. The first kappa shape index (κ1) is 25.9. The average Bonchev–Trinajstić information content (AvgIpc) is 2.68. The van der Waals surface area contributed by atoms with E-state index < -0.39 is 35.7 Å². The lowest BCUT2D eigenvalue weighted by molar-refractivity contribution is -0.136. The molecule has 0 spiro atoms. The van der Waals surface area contributed by atoms with Gasteiger partial charge in [0.15, 0.2) is 5.78 Å². The molecule has 0 aliphatic rings. The van der Waals surface area contributed by atoms with Crippen LogP contribution in [0.25, 0.3) is 0 Å². The van der Waals surface area contributed by atoms with E-state index in [9.17, 15) is 23.9 Å². The maximum atomic E-state index is 13.5. The lowest BCUT2D eigenvalue weighted by atomic mass is 9.85. The van der Waals surface area contributed by atoms with E-state index in [0.717, 1.165) is 0 Å². The Morgan fingerprint density at radius 1 is 1.17 bits per heavy atom. The second-order valence-electron chi connectivity index (χ2n) is 7.98. The molecule has 1 rings (SSSR count). The summed E-state index contributed by atoms with van der Waals surface area (Å²) >= 11 is 0. The second-order valence-corrected chi connectivity index (χ2v) is 7.98. The quantitative estimate of drug-likeness (QED) is 0.373. The predicted octanol–water partition coefficient (Wildman–Crippen LogP) is 0.958. The number of hydrogen-bond acceptors (Lipinski definition) is 6. The first-order valence-corrected chi connectivity index (χ1v) is 10.3. The minimum Gasteiger partial charge on any atom is -0.393 e. The van der Waals surface area contributed by atoms with E-state index in [0.29, 0.717) is 18.4 Å². The molecule has 4 atom stereocenters. The summed E-state index contributed by atoms with van der Waals surface area (Å²) in [6.45, 7) is 5.02. The number of nitrogens with one attached hydrogen (secondary N) is 1. The highest BCUT2D eigenvalue weighted by Crippen LogP contribution is 2.20. The first-order valence-electron chi connectivity index (χ1n) is 10.3. The highest BCUT2D eigenvalue weighted by Gasteiger charge is 2.32. The lowest BCUT2D eigenvalue weighted by Crippen LogP contribution is -2.51. The van der Waals surface area contributed by atoms with Gasteiger partial charge in [-0.25, -0.2) is 4.39 Å². The zero-order valence-electron chi connectivity index (χ0n) is 17.9. The molecule has 0 saturated heterocycles. The van der Waals surface area contributed by atoms with Gasteiger partial charge in [-0.15, -0.1) is 0 Å². The van der Waals surface area contributed by atoms with E-state index in [1.54, 1.807) is 26.0 Å². The Morgan fingerprint density at radius 2 is 1.83 bits per heavy atom. The topological polar surface area (TPSA) is 136 Å². The summed E-state index contributed by atoms with van der Waals surface area (Å²) in [7, 11) is 0. The van der Waals surface area contributed by atoms with Gasteiger partial charge < -0.3 is 21.9 Å². The Labute approximate surface area is 177 Å². The summed E-state index contributed by atoms with van der Waals surface area (Å²) in [5.41, 5.74) is 11.9. The van der Waals surface area contributed by atoms with E-state index in [4.69, 9.17) is 11.5 Å². The molecule has 0 aliphatic carbocycles. The molecular weight excluding hydrogens is 389 g/mol. The zero-order chi connectivity index (χ0) is 22.8. The Kier molecular flexibility index (Phi) is 10.8. The third-order valence-corrected chi connectivity index (χ3v) is 5.15. The predicted molar refractivity (Wildman–Crippen MR) is 113 cm³/mol. The first-order chi connectivity index (χ1) is 14.1. The van der Waals surface area contributed by atoms with Crippen LogP contribution in [0.3, 0.4) is 0 Å². The molecule has 0 aromatic heterocycles. The number of halogens is 1. The highest BCUT2D eigenvalue weighted by molar-refractivity contribution is 5.93. The summed E-state index contributed by atoms with van der Waals surface area (Å²) < 4.78 is 13.5. The van der Waals surface area contributed by atoms with Gasteiger partial charge in [-0.05, 0) is 44.0 Å². The van der Waals surface area contributed by atoms with Gasteiger partial charge in [0.25, 0.3) is 0 Å². The van der Waals surface area contributed by atoms with Crippen LogP contribution < -0.4 is 16.8 Å². The molecule has 0 bridgehead atoms. The summed E-state index contributed by atoms with van der Waals surface area (Å²) in [6, 6.07) is 5.10. The third kappa shape index (κ3) is 7.93. The van der Waals surface area contributed by atoms with Gasteiger partial charge in [-0.1, -0.05) is 26.0 Å². The van der Waals surface area contributed by atoms with Crippen molar-refractivity contribution in [2.45, 2.75) is 52.2 Å². The molecule has 6 N–H and O–H groups in total. The fourth-order valence-electron chi connectivity index (χ4n) is 3.32. The van der Waals surface area contributed by atoms with Crippen molar-refractivity contribution in [1.82, 2.24) is 5.32 Å². The number of hydrogen-bond donors (Lipinski definition) is 4. The molecule has 30 heavy (non-hydrogen) atoms. The molecule has 0 fully saturated rings. The Morgan fingerprint density at radius 3 is 2.33 bits per heavy atom. The van der Waals surface area contributed by atoms with E-state index in [1.807, 2.05) is 0 Å². The van der Waals surface area contributed by atoms with Crippen molar-refractivity contribution in [2.24, 2.45) is 29.2 Å². The zero-order valence-corrected chi connectivity index (χ0v) is 17.9. The van der Waals surface area contributed by atoms with Gasteiger partial charge in [-0.2, -0.15) is 0 Å². The molecule has 0 saturated carbocycles. The number of amides is 1. The smallest absolute Gasteiger partial charge is 0.226 e. The van der Waals surface area contributed by atoms with Crippen molar-refractivity contribution in [1.29, 1.82) is 0 Å². The number of nitrogens with two attached hydrogens (primary N) is 2. The van der Waals surface area contributed by atoms with Crippen LogP contribution in [-0.2, 0) is 20.8 Å². The number of carbonyl (C=O) groups is 3. The maximum Gasteiger partial charge on any atom is 0.226 e. The number of rotatable bonds is 13. The van der Waals surface area contributed by atoms with Crippen LogP contribution in [0.5, 0.6) is 0 Å². The molecule has 0 radical (unpaired) electrons. The standard InChI is InChI=1S/C22H34FN3O4/c1-13(2)21(29)19(12-25)26-22(30)18(14(3)27)11-20(28)16(7-8-24)9-15-5-4-6-17(23)10-15/h4-6,10,13-14,16,18-19,27H,7-9,11-12,24-25H2,1-3H3,(H,26,30)/t14?,16?,18-,19-/m0/s1. The number of benzene rings is 1. The summed E-state index contributed by atoms with van der Waals surface area (Å²) in [5, 5.41) is 12.7. The largest absolute Gasteiger partial charge is 0.393 e. The molecule has 8 heteroatoms. The maximum absolute atomic E-state index is 13.5. The molecule has 0 heterocycles. The van der Waals surface area contributed by atoms with E-state index >= 15 is 0 Å². The molecule has 1 aromatic carbocycles. The lowest BCUT2D eigenvalue weighted by Gasteiger charge is -2.25. The normalized spacial score (nSPS) is 15.3. The number of ketones is 2. The van der Waals surface area contributed by atoms with E-state index in [2.05, 4.69) is 5.32 Å². The number of Topliss-reactive ketones (excluding diaryl/α,β-unsaturated/α-hetero) is 2. The van der Waals surface area contributed by atoms with Crippen molar-refractivity contribution in [2.75, 3.05) is 13.1 Å². The van der Waals surface area contributed by atoms with Crippen molar-refractivity contribution in [3.05, 3.63) is 35.6 Å². The van der Waals surface area contributed by atoms with E-state index in [-0.39, 0.29) is 37.0 Å². The molecule has 1 aromatic rings. The third-order valence-electron chi connectivity index (χ3n) is 5.15. The van der Waals surface area contributed by atoms with Crippen LogP contribution in [0.4, 0.5) is 4.39 Å². The van der Waals surface area contributed by atoms with Crippen molar-refractivity contribution in [3.63, 3.8) is 0 Å². The number of aliphatic hydroxyl groups excluding tert-OH is 1. The molecule has 1 amide bonds. The monoisotopic (exact) mass is 423 g/mol. The van der Waals surface area contributed by atoms with Crippen LogP contribution in [0.2, 0.25) is 0 Å². The van der Waals surface area contributed by atoms with E-state index in [1.165, 1.54) is 19.1 Å². The molecular formula is C22H34FN3O4. The Bertz CT molecular complexity index is 724. The highest BCUT2D eigenvalue weighted by atomic mass is 19.1. The van der Waals surface area contributed by atoms with Crippen LogP contribution in [0.1, 0.15) is 39.2 Å². The minimum absolute atomic E-state index is 0.0708. The fourth-order valence-corrected chi connectivity index (χ4v) is 3.32.